The zero-order chi connectivity index (χ0) is 18.1. The maximum atomic E-state index is 12.9. The second-order valence-corrected chi connectivity index (χ2v) is 8.63. The largest absolute Gasteiger partial charge is 0.494 e. The molecule has 1 aromatic rings. The normalized spacial score (nSPS) is 34.7. The van der Waals surface area contributed by atoms with E-state index in [1.54, 1.807) is 0 Å². The second kappa shape index (κ2) is 7.22. The molecule has 4 heteroatoms. The second-order valence-electron chi connectivity index (χ2n) is 8.63. The number of amides is 1. The van der Waals surface area contributed by atoms with E-state index < -0.39 is 5.60 Å². The molecular formula is C22H31NO3. The molecule has 4 aliphatic carbocycles. The molecule has 2 atom stereocenters. The molecule has 2 unspecified atom stereocenters. The van der Waals surface area contributed by atoms with Crippen molar-refractivity contribution in [3.8, 4) is 5.75 Å². The number of carbonyl (C=O) groups excluding carboxylic acids is 1. The predicted molar refractivity (Wildman–Crippen MR) is 101 cm³/mol. The van der Waals surface area contributed by atoms with Crippen LogP contribution in [-0.4, -0.2) is 40.7 Å². The van der Waals surface area contributed by atoms with E-state index in [1.807, 2.05) is 30.3 Å². The van der Waals surface area contributed by atoms with E-state index in [0.717, 1.165) is 38.0 Å². The Bertz CT molecular complexity index is 616. The number of nitrogens with zero attached hydrogens (tertiary/aromatic N) is 1. The van der Waals surface area contributed by atoms with Crippen molar-refractivity contribution in [3.63, 3.8) is 0 Å². The van der Waals surface area contributed by atoms with Crippen LogP contribution in [-0.2, 0) is 4.79 Å². The summed E-state index contributed by atoms with van der Waals surface area (Å²) in [5.41, 5.74) is -0.432. The lowest BCUT2D eigenvalue weighted by molar-refractivity contribution is -0.170. The van der Waals surface area contributed by atoms with Crippen molar-refractivity contribution in [3.05, 3.63) is 30.3 Å². The number of ether oxygens (including phenoxy) is 1. The van der Waals surface area contributed by atoms with E-state index in [1.165, 1.54) is 12.8 Å². The highest BCUT2D eigenvalue weighted by atomic mass is 16.5. The van der Waals surface area contributed by atoms with E-state index >= 15 is 0 Å². The van der Waals surface area contributed by atoms with Gasteiger partial charge in [-0.1, -0.05) is 18.2 Å². The number of aliphatic hydroxyl groups is 1. The Kier molecular flexibility index (Phi) is 4.96. The Morgan fingerprint density at radius 1 is 1.19 bits per heavy atom. The summed E-state index contributed by atoms with van der Waals surface area (Å²) in [6.45, 7) is 3.45. The zero-order valence-electron chi connectivity index (χ0n) is 15.8. The van der Waals surface area contributed by atoms with Gasteiger partial charge in [0.2, 0.25) is 5.91 Å². The van der Waals surface area contributed by atoms with E-state index in [0.29, 0.717) is 36.8 Å². The molecule has 4 bridgehead atoms. The third kappa shape index (κ3) is 3.48. The molecule has 4 saturated carbocycles. The van der Waals surface area contributed by atoms with Gasteiger partial charge in [0.1, 0.15) is 5.75 Å². The number of rotatable bonds is 7. The number of benzene rings is 1. The van der Waals surface area contributed by atoms with Gasteiger partial charge in [-0.3, -0.25) is 4.79 Å². The van der Waals surface area contributed by atoms with E-state index in [-0.39, 0.29) is 5.91 Å². The third-order valence-electron chi connectivity index (χ3n) is 6.76. The van der Waals surface area contributed by atoms with Crippen molar-refractivity contribution in [1.29, 1.82) is 0 Å². The van der Waals surface area contributed by atoms with Crippen LogP contribution in [0.1, 0.15) is 51.9 Å². The summed E-state index contributed by atoms with van der Waals surface area (Å²) in [5, 5.41) is 10.8. The van der Waals surface area contributed by atoms with Crippen LogP contribution in [0.25, 0.3) is 0 Å². The number of hydrogen-bond donors (Lipinski definition) is 1. The van der Waals surface area contributed by atoms with Crippen LogP contribution < -0.4 is 4.74 Å². The fraction of sp³-hybridized carbons (Fsp3) is 0.682. The molecule has 0 spiro atoms. The summed E-state index contributed by atoms with van der Waals surface area (Å²) in [6, 6.07) is 10.1. The molecule has 5 rings (SSSR count). The molecule has 26 heavy (non-hydrogen) atoms. The van der Waals surface area contributed by atoms with Crippen molar-refractivity contribution in [2.24, 2.45) is 17.8 Å². The molecule has 1 N–H and O–H groups in total. The zero-order valence-corrected chi connectivity index (χ0v) is 15.8. The summed E-state index contributed by atoms with van der Waals surface area (Å²) in [5.74, 6) is 2.79. The van der Waals surface area contributed by atoms with Gasteiger partial charge < -0.3 is 14.7 Å². The number of para-hydroxylation sites is 1. The van der Waals surface area contributed by atoms with Gasteiger partial charge in [0.25, 0.3) is 0 Å². The summed E-state index contributed by atoms with van der Waals surface area (Å²) < 4.78 is 5.72. The van der Waals surface area contributed by atoms with Gasteiger partial charge in [-0.05, 0) is 75.3 Å². The molecule has 0 aromatic heterocycles. The quantitative estimate of drug-likeness (QED) is 0.758. The molecule has 0 heterocycles. The Balaban J connectivity index is 1.32. The van der Waals surface area contributed by atoms with Gasteiger partial charge >= 0.3 is 0 Å². The van der Waals surface area contributed by atoms with Gasteiger partial charge in [-0.25, -0.2) is 0 Å². The van der Waals surface area contributed by atoms with Crippen LogP contribution in [0.15, 0.2) is 30.3 Å². The van der Waals surface area contributed by atoms with Crippen molar-refractivity contribution < 1.29 is 14.6 Å². The average Bonchev–Trinajstić information content (AvgIpc) is 2.61. The lowest BCUT2D eigenvalue weighted by Crippen LogP contribution is -2.62. The molecule has 0 radical (unpaired) electrons. The lowest BCUT2D eigenvalue weighted by atomic mass is 9.52. The summed E-state index contributed by atoms with van der Waals surface area (Å²) in [4.78, 5) is 15.0. The molecule has 4 aliphatic rings. The van der Waals surface area contributed by atoms with Crippen LogP contribution >= 0.6 is 0 Å². The fourth-order valence-corrected chi connectivity index (χ4v) is 6.09. The maximum absolute atomic E-state index is 12.9. The molecule has 4 fully saturated rings. The number of hydrogen-bond acceptors (Lipinski definition) is 3. The first-order valence-electron chi connectivity index (χ1n) is 10.3. The van der Waals surface area contributed by atoms with Crippen LogP contribution in [0.2, 0.25) is 0 Å². The standard InChI is InChI=1S/C22H31NO3/c1-2-23(20(24)9-6-10-26-19-7-4-3-5-8-19)21-17-11-16-12-18(21)15-22(25,13-16)14-17/h3-5,7-8,16-18,21,25H,2,6,9-15H2,1H3. The van der Waals surface area contributed by atoms with Crippen LogP contribution in [0, 0.1) is 17.8 Å². The van der Waals surface area contributed by atoms with Gasteiger partial charge in [0, 0.05) is 19.0 Å². The minimum atomic E-state index is -0.432. The van der Waals surface area contributed by atoms with E-state index in [9.17, 15) is 9.90 Å². The smallest absolute Gasteiger partial charge is 0.222 e. The SMILES string of the molecule is CCN(C(=O)CCCOc1ccccc1)C1C2CC3CC1CC(O)(C3)C2. The monoisotopic (exact) mass is 357 g/mol. The molecule has 0 saturated heterocycles. The van der Waals surface area contributed by atoms with Gasteiger partial charge in [-0.15, -0.1) is 0 Å². The minimum absolute atomic E-state index is 0.258. The molecule has 1 amide bonds. The van der Waals surface area contributed by atoms with Gasteiger partial charge in [0.05, 0.1) is 12.2 Å². The Morgan fingerprint density at radius 2 is 1.88 bits per heavy atom. The summed E-state index contributed by atoms with van der Waals surface area (Å²) in [6.07, 6.45) is 6.47. The lowest BCUT2D eigenvalue weighted by Gasteiger charge is -2.60. The maximum Gasteiger partial charge on any atom is 0.222 e. The number of carbonyl (C=O) groups is 1. The van der Waals surface area contributed by atoms with E-state index in [2.05, 4.69) is 11.8 Å². The van der Waals surface area contributed by atoms with Gasteiger partial charge in [0.15, 0.2) is 0 Å². The first-order valence-corrected chi connectivity index (χ1v) is 10.3. The van der Waals surface area contributed by atoms with Crippen molar-refractivity contribution in [2.75, 3.05) is 13.2 Å². The first-order chi connectivity index (χ1) is 12.6. The fourth-order valence-electron chi connectivity index (χ4n) is 6.09. The Hall–Kier alpha value is -1.55. The molecule has 1 aromatic carbocycles. The van der Waals surface area contributed by atoms with Crippen molar-refractivity contribution in [1.82, 2.24) is 4.90 Å². The summed E-state index contributed by atoms with van der Waals surface area (Å²) in [7, 11) is 0. The van der Waals surface area contributed by atoms with Crippen molar-refractivity contribution in [2.45, 2.75) is 63.5 Å². The molecular weight excluding hydrogens is 326 g/mol. The van der Waals surface area contributed by atoms with Gasteiger partial charge in [-0.2, -0.15) is 0 Å². The van der Waals surface area contributed by atoms with E-state index in [4.69, 9.17) is 4.74 Å². The highest BCUT2D eigenvalue weighted by Crippen LogP contribution is 2.57. The Morgan fingerprint density at radius 3 is 2.50 bits per heavy atom. The predicted octanol–water partition coefficient (Wildman–Crippen LogP) is 3.63. The van der Waals surface area contributed by atoms with Crippen LogP contribution in [0.4, 0.5) is 0 Å². The Labute approximate surface area is 156 Å². The van der Waals surface area contributed by atoms with Crippen LogP contribution in [0.5, 0.6) is 5.75 Å². The highest BCUT2D eigenvalue weighted by Gasteiger charge is 2.56. The first kappa shape index (κ1) is 17.8. The summed E-state index contributed by atoms with van der Waals surface area (Å²) >= 11 is 0. The van der Waals surface area contributed by atoms with Crippen LogP contribution in [0.3, 0.4) is 0 Å². The topological polar surface area (TPSA) is 49.8 Å². The highest BCUT2D eigenvalue weighted by molar-refractivity contribution is 5.76. The molecule has 0 aliphatic heterocycles. The molecule has 4 nitrogen and oxygen atoms in total. The van der Waals surface area contributed by atoms with Crippen molar-refractivity contribution >= 4 is 5.91 Å². The third-order valence-corrected chi connectivity index (χ3v) is 6.76. The average molecular weight is 357 g/mol. The molecule has 142 valence electrons. The minimum Gasteiger partial charge on any atom is -0.494 e.